The fourth-order valence-corrected chi connectivity index (χ4v) is 2.97. The Kier molecular flexibility index (Phi) is 3.72. The number of nitrogens with zero attached hydrogens (tertiary/aromatic N) is 1. The molecule has 1 saturated heterocycles. The van der Waals surface area contributed by atoms with Crippen LogP contribution in [0, 0.1) is 5.92 Å². The van der Waals surface area contributed by atoms with Gasteiger partial charge >= 0.3 is 0 Å². The fourth-order valence-electron chi connectivity index (χ4n) is 2.97. The van der Waals surface area contributed by atoms with Crippen molar-refractivity contribution in [3.63, 3.8) is 0 Å². The number of piperidine rings is 1. The summed E-state index contributed by atoms with van der Waals surface area (Å²) in [5.41, 5.74) is 7.96. The molecule has 0 aromatic heterocycles. The normalized spacial score (nSPS) is 27.9. The average molecular weight is 232 g/mol. The van der Waals surface area contributed by atoms with Gasteiger partial charge in [0, 0.05) is 17.8 Å². The van der Waals surface area contributed by atoms with E-state index in [9.17, 15) is 0 Å². The van der Waals surface area contributed by atoms with Gasteiger partial charge < -0.3 is 5.73 Å². The molecule has 0 saturated carbocycles. The van der Waals surface area contributed by atoms with Gasteiger partial charge in [-0.15, -0.1) is 0 Å². The van der Waals surface area contributed by atoms with Crippen LogP contribution in [0.1, 0.15) is 45.2 Å². The Labute approximate surface area is 105 Å². The molecule has 1 aliphatic heterocycles. The van der Waals surface area contributed by atoms with Crippen LogP contribution in [0.25, 0.3) is 0 Å². The highest BCUT2D eigenvalue weighted by Crippen LogP contribution is 2.30. The van der Waals surface area contributed by atoms with Crippen LogP contribution in [0.4, 0.5) is 5.69 Å². The van der Waals surface area contributed by atoms with Crippen molar-refractivity contribution in [2.24, 2.45) is 5.92 Å². The van der Waals surface area contributed by atoms with E-state index in [1.54, 1.807) is 0 Å². The van der Waals surface area contributed by atoms with Gasteiger partial charge in [-0.05, 0) is 56.8 Å². The van der Waals surface area contributed by atoms with Gasteiger partial charge in [0.05, 0.1) is 0 Å². The van der Waals surface area contributed by atoms with Gasteiger partial charge in [0.1, 0.15) is 0 Å². The van der Waals surface area contributed by atoms with Gasteiger partial charge in [-0.2, -0.15) is 0 Å². The minimum absolute atomic E-state index is 0.498. The quantitative estimate of drug-likeness (QED) is 0.791. The second-order valence-electron chi connectivity index (χ2n) is 5.56. The van der Waals surface area contributed by atoms with Crippen LogP contribution in [0.5, 0.6) is 0 Å². The van der Waals surface area contributed by atoms with Crippen LogP contribution >= 0.6 is 0 Å². The van der Waals surface area contributed by atoms with Crippen LogP contribution in [-0.2, 0) is 0 Å². The van der Waals surface area contributed by atoms with Gasteiger partial charge in [-0.25, -0.2) is 0 Å². The smallest absolute Gasteiger partial charge is 0.0322 e. The fraction of sp³-hybridized carbons (Fsp3) is 0.600. The highest BCUT2D eigenvalue weighted by molar-refractivity contribution is 5.40. The Bertz CT molecular complexity index is 358. The van der Waals surface area contributed by atoms with Crippen LogP contribution in [-0.4, -0.2) is 17.5 Å². The van der Waals surface area contributed by atoms with Crippen molar-refractivity contribution < 1.29 is 0 Å². The molecule has 1 aromatic carbocycles. The minimum Gasteiger partial charge on any atom is -0.399 e. The molecule has 0 bridgehead atoms. The molecule has 0 amide bonds. The lowest BCUT2D eigenvalue weighted by atomic mass is 9.91. The van der Waals surface area contributed by atoms with Crippen molar-refractivity contribution in [3.8, 4) is 0 Å². The number of nitrogen functional groups attached to an aromatic ring is 1. The predicted octanol–water partition coefficient (Wildman–Crippen LogP) is 3.45. The van der Waals surface area contributed by atoms with Crippen molar-refractivity contribution in [1.82, 2.24) is 4.90 Å². The van der Waals surface area contributed by atoms with Gasteiger partial charge in [-0.3, -0.25) is 4.90 Å². The Hall–Kier alpha value is -1.02. The molecule has 1 heterocycles. The Morgan fingerprint density at radius 1 is 1.24 bits per heavy atom. The number of anilines is 1. The Morgan fingerprint density at radius 3 is 2.47 bits per heavy atom. The lowest BCUT2D eigenvalue weighted by Gasteiger charge is -2.40. The maximum atomic E-state index is 5.74. The maximum absolute atomic E-state index is 5.74. The van der Waals surface area contributed by atoms with Crippen molar-refractivity contribution >= 4 is 5.69 Å². The second-order valence-corrected chi connectivity index (χ2v) is 5.56. The molecule has 94 valence electrons. The van der Waals surface area contributed by atoms with Crippen molar-refractivity contribution in [3.05, 3.63) is 29.8 Å². The van der Waals surface area contributed by atoms with E-state index in [1.165, 1.54) is 24.9 Å². The van der Waals surface area contributed by atoms with E-state index in [0.717, 1.165) is 11.6 Å². The SMILES string of the molecule is CC1CCN(C(C)c2ccc(N)cc2)C(C)C1. The molecule has 2 N–H and O–H groups in total. The number of hydrogen-bond acceptors (Lipinski definition) is 2. The molecule has 2 heteroatoms. The standard InChI is InChI=1S/C15H24N2/c1-11-8-9-17(12(2)10-11)13(3)14-4-6-15(16)7-5-14/h4-7,11-13H,8-10,16H2,1-3H3. The summed E-state index contributed by atoms with van der Waals surface area (Å²) in [5, 5.41) is 0. The van der Waals surface area contributed by atoms with E-state index in [4.69, 9.17) is 5.73 Å². The molecule has 1 fully saturated rings. The maximum Gasteiger partial charge on any atom is 0.0322 e. The second kappa shape index (κ2) is 5.09. The van der Waals surface area contributed by atoms with Crippen LogP contribution in [0.3, 0.4) is 0 Å². The third kappa shape index (κ3) is 2.81. The molecule has 2 rings (SSSR count). The zero-order valence-electron chi connectivity index (χ0n) is 11.2. The molecular weight excluding hydrogens is 208 g/mol. The first-order valence-electron chi connectivity index (χ1n) is 6.69. The summed E-state index contributed by atoms with van der Waals surface area (Å²) in [5.74, 6) is 0.875. The first-order chi connectivity index (χ1) is 8.08. The predicted molar refractivity (Wildman–Crippen MR) is 73.8 cm³/mol. The van der Waals surface area contributed by atoms with Gasteiger partial charge in [-0.1, -0.05) is 19.1 Å². The third-order valence-corrected chi connectivity index (χ3v) is 4.11. The molecule has 0 aliphatic carbocycles. The average Bonchev–Trinajstić information content (AvgIpc) is 2.29. The molecule has 1 aromatic rings. The van der Waals surface area contributed by atoms with Crippen molar-refractivity contribution in [2.75, 3.05) is 12.3 Å². The number of rotatable bonds is 2. The third-order valence-electron chi connectivity index (χ3n) is 4.11. The van der Waals surface area contributed by atoms with Crippen LogP contribution < -0.4 is 5.73 Å². The van der Waals surface area contributed by atoms with E-state index >= 15 is 0 Å². The molecule has 1 aliphatic rings. The molecule has 0 radical (unpaired) electrons. The summed E-state index contributed by atoms with van der Waals surface area (Å²) in [7, 11) is 0. The summed E-state index contributed by atoms with van der Waals surface area (Å²) < 4.78 is 0. The monoisotopic (exact) mass is 232 g/mol. The lowest BCUT2D eigenvalue weighted by Crippen LogP contribution is -2.41. The highest BCUT2D eigenvalue weighted by Gasteiger charge is 2.27. The summed E-state index contributed by atoms with van der Waals surface area (Å²) in [6, 6.07) is 9.51. The zero-order chi connectivity index (χ0) is 12.4. The van der Waals surface area contributed by atoms with Gasteiger partial charge in [0.2, 0.25) is 0 Å². The Morgan fingerprint density at radius 2 is 1.88 bits per heavy atom. The molecule has 3 atom stereocenters. The summed E-state index contributed by atoms with van der Waals surface area (Å²) in [4.78, 5) is 2.62. The zero-order valence-corrected chi connectivity index (χ0v) is 11.2. The van der Waals surface area contributed by atoms with E-state index < -0.39 is 0 Å². The number of nitrogens with two attached hydrogens (primary N) is 1. The Balaban J connectivity index is 2.09. The van der Waals surface area contributed by atoms with E-state index in [1.807, 2.05) is 12.1 Å². The van der Waals surface area contributed by atoms with Gasteiger partial charge in [0.15, 0.2) is 0 Å². The number of likely N-dealkylation sites (tertiary alicyclic amines) is 1. The number of benzene rings is 1. The van der Waals surface area contributed by atoms with Crippen molar-refractivity contribution in [1.29, 1.82) is 0 Å². The molecule has 17 heavy (non-hydrogen) atoms. The summed E-state index contributed by atoms with van der Waals surface area (Å²) >= 11 is 0. The largest absolute Gasteiger partial charge is 0.399 e. The lowest BCUT2D eigenvalue weighted by molar-refractivity contribution is 0.0894. The summed E-state index contributed by atoms with van der Waals surface area (Å²) in [6.07, 6.45) is 2.64. The first-order valence-corrected chi connectivity index (χ1v) is 6.69. The molecular formula is C15H24N2. The summed E-state index contributed by atoms with van der Waals surface area (Å²) in [6.45, 7) is 8.23. The van der Waals surface area contributed by atoms with Crippen molar-refractivity contribution in [2.45, 2.75) is 45.7 Å². The van der Waals surface area contributed by atoms with Crippen LogP contribution in [0.2, 0.25) is 0 Å². The molecule has 0 spiro atoms. The topological polar surface area (TPSA) is 29.3 Å². The van der Waals surface area contributed by atoms with E-state index in [2.05, 4.69) is 37.8 Å². The minimum atomic E-state index is 0.498. The number of hydrogen-bond donors (Lipinski definition) is 1. The van der Waals surface area contributed by atoms with Gasteiger partial charge in [0.25, 0.3) is 0 Å². The molecule has 2 nitrogen and oxygen atoms in total. The van der Waals surface area contributed by atoms with Crippen LogP contribution in [0.15, 0.2) is 24.3 Å². The highest BCUT2D eigenvalue weighted by atomic mass is 15.2. The molecule has 3 unspecified atom stereocenters. The van der Waals surface area contributed by atoms with E-state index in [0.29, 0.717) is 12.1 Å². The van der Waals surface area contributed by atoms with E-state index in [-0.39, 0.29) is 0 Å². The first kappa shape index (κ1) is 12.4.